The van der Waals surface area contributed by atoms with Crippen LogP contribution >= 0.6 is 0 Å². The molecule has 1 aliphatic carbocycles. The molecule has 3 aromatic rings. The van der Waals surface area contributed by atoms with Gasteiger partial charge < -0.3 is 9.88 Å². The summed E-state index contributed by atoms with van der Waals surface area (Å²) in [5.41, 5.74) is 4.17. The van der Waals surface area contributed by atoms with Crippen LogP contribution in [-0.4, -0.2) is 17.2 Å². The summed E-state index contributed by atoms with van der Waals surface area (Å²) in [5.74, 6) is 0. The number of nitrogens with zero attached hydrogens (tertiary/aromatic N) is 1. The molecule has 1 atom stereocenters. The molecule has 0 spiro atoms. The molecule has 0 bridgehead atoms. The average Bonchev–Trinajstić information content (AvgIpc) is 3.07. The van der Waals surface area contributed by atoms with Crippen molar-refractivity contribution in [2.24, 2.45) is 0 Å². The Bertz CT molecular complexity index is 829. The molecule has 0 amide bonds. The van der Waals surface area contributed by atoms with Crippen LogP contribution in [0.15, 0.2) is 72.9 Å². The predicted octanol–water partition coefficient (Wildman–Crippen LogP) is 4.87. The molecule has 24 heavy (non-hydrogen) atoms. The van der Waals surface area contributed by atoms with E-state index in [2.05, 4.69) is 82.8 Å². The minimum atomic E-state index is 0.610. The Balaban J connectivity index is 1.35. The molecule has 0 saturated carbocycles. The minimum Gasteiger partial charge on any atom is -0.321 e. The van der Waals surface area contributed by atoms with Crippen molar-refractivity contribution in [2.45, 2.75) is 31.7 Å². The molecule has 2 nitrogen and oxygen atoms in total. The van der Waals surface area contributed by atoms with Crippen LogP contribution in [0.1, 0.15) is 24.8 Å². The number of hydrogen-bond donors (Lipinski definition) is 1. The molecule has 122 valence electrons. The van der Waals surface area contributed by atoms with Crippen LogP contribution in [0, 0.1) is 0 Å². The van der Waals surface area contributed by atoms with Crippen molar-refractivity contribution in [3.05, 3.63) is 78.5 Å². The molecular weight excluding hydrogens is 292 g/mol. The molecule has 1 aromatic heterocycles. The number of fused-ring (bicyclic) bond motifs is 1. The molecule has 1 heterocycles. The highest BCUT2D eigenvalue weighted by Gasteiger charge is 2.15. The summed E-state index contributed by atoms with van der Waals surface area (Å²) < 4.78 is 2.36. The van der Waals surface area contributed by atoms with Crippen molar-refractivity contribution < 1.29 is 0 Å². The number of allylic oxidation sites excluding steroid dienone is 1. The molecular formula is C22H24N2. The maximum absolute atomic E-state index is 3.72. The normalized spacial score (nSPS) is 17.8. The third-order valence-electron chi connectivity index (χ3n) is 4.99. The van der Waals surface area contributed by atoms with Crippen molar-refractivity contribution in [1.82, 2.24) is 9.88 Å². The van der Waals surface area contributed by atoms with Crippen LogP contribution in [0.3, 0.4) is 0 Å². The fourth-order valence-electron chi connectivity index (χ4n) is 3.62. The molecule has 0 radical (unpaired) electrons. The first kappa shape index (κ1) is 15.2. The summed E-state index contributed by atoms with van der Waals surface area (Å²) >= 11 is 0. The number of para-hydroxylation sites is 1. The molecule has 1 N–H and O–H groups in total. The average molecular weight is 316 g/mol. The lowest BCUT2D eigenvalue weighted by Gasteiger charge is -2.24. The number of hydrogen-bond acceptors (Lipinski definition) is 1. The first-order chi connectivity index (χ1) is 11.9. The van der Waals surface area contributed by atoms with Gasteiger partial charge in [-0.25, -0.2) is 0 Å². The van der Waals surface area contributed by atoms with Crippen molar-refractivity contribution in [1.29, 1.82) is 0 Å². The van der Waals surface area contributed by atoms with Gasteiger partial charge in [-0.1, -0.05) is 54.6 Å². The van der Waals surface area contributed by atoms with E-state index >= 15 is 0 Å². The van der Waals surface area contributed by atoms with Gasteiger partial charge in [-0.05, 0) is 55.3 Å². The fraction of sp³-hybridized carbons (Fsp3) is 0.273. The zero-order chi connectivity index (χ0) is 16.2. The maximum Gasteiger partial charge on any atom is 0.0525 e. The third-order valence-corrected chi connectivity index (χ3v) is 4.99. The summed E-state index contributed by atoms with van der Waals surface area (Å²) in [7, 11) is 0. The minimum absolute atomic E-state index is 0.610. The van der Waals surface area contributed by atoms with Gasteiger partial charge in [-0.3, -0.25) is 0 Å². The van der Waals surface area contributed by atoms with E-state index in [0.29, 0.717) is 6.04 Å². The Labute approximate surface area is 143 Å². The quantitative estimate of drug-likeness (QED) is 0.711. The zero-order valence-electron chi connectivity index (χ0n) is 14.0. The second-order valence-electron chi connectivity index (χ2n) is 6.60. The van der Waals surface area contributed by atoms with Crippen LogP contribution in [0.5, 0.6) is 0 Å². The van der Waals surface area contributed by atoms with Crippen LogP contribution in [0.2, 0.25) is 0 Å². The van der Waals surface area contributed by atoms with Gasteiger partial charge in [-0.15, -0.1) is 0 Å². The second-order valence-corrected chi connectivity index (χ2v) is 6.60. The molecule has 0 fully saturated rings. The van der Waals surface area contributed by atoms with Crippen LogP contribution in [0.25, 0.3) is 16.6 Å². The van der Waals surface area contributed by atoms with Crippen molar-refractivity contribution in [3.8, 4) is 0 Å². The molecule has 2 heteroatoms. The fourth-order valence-corrected chi connectivity index (χ4v) is 3.62. The van der Waals surface area contributed by atoms with Crippen molar-refractivity contribution >= 4 is 16.6 Å². The Morgan fingerprint density at radius 3 is 2.62 bits per heavy atom. The van der Waals surface area contributed by atoms with Crippen molar-refractivity contribution in [2.75, 3.05) is 6.54 Å². The monoisotopic (exact) mass is 316 g/mol. The Morgan fingerprint density at radius 1 is 0.958 bits per heavy atom. The molecule has 0 aliphatic heterocycles. The first-order valence-corrected chi connectivity index (χ1v) is 8.93. The lowest BCUT2D eigenvalue weighted by molar-refractivity contribution is 0.478. The summed E-state index contributed by atoms with van der Waals surface area (Å²) in [6.07, 6.45) is 9.21. The standard InChI is InChI=1S/C22H24N2/c1-2-6-18(7-3-1)14-16-23-20-10-12-21(13-11-20)24-17-15-19-8-4-5-9-22(19)24/h1-9,12,15,17,20,23H,10-11,13-14,16H2. The lowest BCUT2D eigenvalue weighted by Crippen LogP contribution is -2.32. The van der Waals surface area contributed by atoms with Gasteiger partial charge in [0.2, 0.25) is 0 Å². The van der Waals surface area contributed by atoms with Crippen molar-refractivity contribution in [3.63, 3.8) is 0 Å². The van der Waals surface area contributed by atoms with Gasteiger partial charge in [0.15, 0.2) is 0 Å². The zero-order valence-corrected chi connectivity index (χ0v) is 14.0. The van der Waals surface area contributed by atoms with Crippen LogP contribution in [-0.2, 0) is 6.42 Å². The molecule has 2 aromatic carbocycles. The van der Waals surface area contributed by atoms with E-state index in [-0.39, 0.29) is 0 Å². The van der Waals surface area contributed by atoms with Gasteiger partial charge >= 0.3 is 0 Å². The topological polar surface area (TPSA) is 17.0 Å². The van der Waals surface area contributed by atoms with Crippen LogP contribution in [0.4, 0.5) is 0 Å². The Morgan fingerprint density at radius 2 is 1.79 bits per heavy atom. The van der Waals surface area contributed by atoms with Gasteiger partial charge in [0.05, 0.1) is 5.52 Å². The summed E-state index contributed by atoms with van der Waals surface area (Å²) in [4.78, 5) is 0. The van der Waals surface area contributed by atoms with E-state index in [0.717, 1.165) is 25.8 Å². The lowest BCUT2D eigenvalue weighted by atomic mass is 9.98. The Kier molecular flexibility index (Phi) is 4.48. The van der Waals surface area contributed by atoms with E-state index < -0.39 is 0 Å². The largest absolute Gasteiger partial charge is 0.321 e. The van der Waals surface area contributed by atoms with E-state index in [1.54, 1.807) is 0 Å². The van der Waals surface area contributed by atoms with Gasteiger partial charge in [0, 0.05) is 17.9 Å². The highest BCUT2D eigenvalue weighted by Crippen LogP contribution is 2.27. The number of aromatic nitrogens is 1. The van der Waals surface area contributed by atoms with E-state index in [1.807, 2.05) is 0 Å². The maximum atomic E-state index is 3.72. The molecule has 0 saturated heterocycles. The summed E-state index contributed by atoms with van der Waals surface area (Å²) in [5, 5.41) is 5.04. The highest BCUT2D eigenvalue weighted by molar-refractivity contribution is 5.83. The van der Waals surface area contributed by atoms with E-state index in [1.165, 1.54) is 28.6 Å². The second kappa shape index (κ2) is 7.06. The van der Waals surface area contributed by atoms with Crippen LogP contribution < -0.4 is 5.32 Å². The molecule has 1 unspecified atom stereocenters. The van der Waals surface area contributed by atoms with Gasteiger partial charge in [0.25, 0.3) is 0 Å². The summed E-state index contributed by atoms with van der Waals surface area (Å²) in [6.45, 7) is 1.06. The molecule has 1 aliphatic rings. The van der Waals surface area contributed by atoms with E-state index in [4.69, 9.17) is 0 Å². The molecule has 4 rings (SSSR count). The van der Waals surface area contributed by atoms with Gasteiger partial charge in [-0.2, -0.15) is 0 Å². The number of nitrogens with one attached hydrogen (secondary N) is 1. The smallest absolute Gasteiger partial charge is 0.0525 e. The summed E-state index contributed by atoms with van der Waals surface area (Å²) in [6, 6.07) is 22.2. The third kappa shape index (κ3) is 3.29. The number of rotatable bonds is 5. The Hall–Kier alpha value is -2.32. The highest BCUT2D eigenvalue weighted by atomic mass is 15.0. The number of benzene rings is 2. The van der Waals surface area contributed by atoms with Gasteiger partial charge in [0.1, 0.15) is 0 Å². The SMILES string of the molecule is C1=C(n2ccc3ccccc32)CCC(NCCc2ccccc2)C1. The van der Waals surface area contributed by atoms with E-state index in [9.17, 15) is 0 Å². The first-order valence-electron chi connectivity index (χ1n) is 8.93. The predicted molar refractivity (Wildman–Crippen MR) is 102 cm³/mol.